The Bertz CT molecular complexity index is 1070. The van der Waals surface area contributed by atoms with Gasteiger partial charge < -0.3 is 4.57 Å². The Labute approximate surface area is 163 Å². The molecule has 3 aromatic rings. The molecule has 1 aromatic heterocycles. The maximum atomic E-state index is 11.8. The average Bonchev–Trinajstić information content (AvgIpc) is 3.11. The van der Waals surface area contributed by atoms with Gasteiger partial charge in [0.25, 0.3) is 11.1 Å². The fourth-order valence-corrected chi connectivity index (χ4v) is 4.13. The van der Waals surface area contributed by atoms with Crippen LogP contribution in [0.15, 0.2) is 53.6 Å². The molecule has 26 heavy (non-hydrogen) atoms. The summed E-state index contributed by atoms with van der Waals surface area (Å²) in [5.74, 6) is -0.369. The molecule has 0 atom stereocenters. The molecule has 0 unspecified atom stereocenters. The third-order valence-electron chi connectivity index (χ3n) is 4.14. The molecule has 0 aliphatic carbocycles. The third kappa shape index (κ3) is 3.14. The van der Waals surface area contributed by atoms with Gasteiger partial charge in [0.1, 0.15) is 0 Å². The lowest BCUT2D eigenvalue weighted by Gasteiger charge is -2.09. The molecule has 1 N–H and O–H groups in total. The van der Waals surface area contributed by atoms with Crippen LogP contribution in [0.5, 0.6) is 0 Å². The highest BCUT2D eigenvalue weighted by atomic mass is 35.5. The van der Waals surface area contributed by atoms with Gasteiger partial charge in [0.05, 0.1) is 11.4 Å². The van der Waals surface area contributed by atoms with Crippen molar-refractivity contribution in [2.24, 2.45) is 0 Å². The van der Waals surface area contributed by atoms with Gasteiger partial charge in [-0.2, -0.15) is 0 Å². The number of imide groups is 1. The smallest absolute Gasteiger partial charge is 0.290 e. The Morgan fingerprint density at radius 1 is 1.04 bits per heavy atom. The highest BCUT2D eigenvalue weighted by Gasteiger charge is 2.25. The van der Waals surface area contributed by atoms with E-state index in [0.29, 0.717) is 21.5 Å². The van der Waals surface area contributed by atoms with E-state index in [1.807, 2.05) is 53.2 Å². The van der Waals surface area contributed by atoms with E-state index < -0.39 is 0 Å². The summed E-state index contributed by atoms with van der Waals surface area (Å²) >= 11 is 13.5. The van der Waals surface area contributed by atoms with Crippen molar-refractivity contribution in [2.75, 3.05) is 0 Å². The minimum Gasteiger partial charge on any atom is -0.342 e. The van der Waals surface area contributed by atoms with Crippen molar-refractivity contribution in [3.05, 3.63) is 74.7 Å². The molecule has 0 saturated carbocycles. The highest BCUT2D eigenvalue weighted by Crippen LogP contribution is 2.31. The zero-order chi connectivity index (χ0) is 18.3. The molecular weight excluding hydrogens is 391 g/mol. The second-order valence-corrected chi connectivity index (χ2v) is 7.61. The minimum absolute atomic E-state index is 0.354. The first-order valence-electron chi connectivity index (χ1n) is 7.78. The van der Waals surface area contributed by atoms with E-state index in [0.717, 1.165) is 33.8 Å². The predicted octanol–water partition coefficient (Wildman–Crippen LogP) is 5.32. The summed E-state index contributed by atoms with van der Waals surface area (Å²) in [5.41, 5.74) is 2.68. The van der Waals surface area contributed by atoms with Crippen molar-refractivity contribution in [3.8, 4) is 0 Å². The van der Waals surface area contributed by atoms with Crippen LogP contribution in [0, 0.1) is 0 Å². The van der Waals surface area contributed by atoms with Gasteiger partial charge in [0.15, 0.2) is 0 Å². The number of nitrogens with zero attached hydrogens (tertiary/aromatic N) is 1. The van der Waals surface area contributed by atoms with E-state index in [1.54, 1.807) is 6.08 Å². The van der Waals surface area contributed by atoms with E-state index in [2.05, 4.69) is 5.32 Å². The Kier molecular flexibility index (Phi) is 4.53. The lowest BCUT2D eigenvalue weighted by molar-refractivity contribution is -0.115. The summed E-state index contributed by atoms with van der Waals surface area (Å²) in [6.07, 6.45) is 3.67. The van der Waals surface area contributed by atoms with Gasteiger partial charge in [-0.15, -0.1) is 0 Å². The van der Waals surface area contributed by atoms with Crippen molar-refractivity contribution in [2.45, 2.75) is 6.54 Å². The molecule has 2 heterocycles. The first-order chi connectivity index (χ1) is 12.5. The Morgan fingerprint density at radius 3 is 2.46 bits per heavy atom. The van der Waals surface area contributed by atoms with Gasteiger partial charge >= 0.3 is 0 Å². The van der Waals surface area contributed by atoms with Crippen molar-refractivity contribution in [3.63, 3.8) is 0 Å². The van der Waals surface area contributed by atoms with Crippen LogP contribution in [-0.2, 0) is 11.3 Å². The van der Waals surface area contributed by atoms with E-state index in [9.17, 15) is 9.59 Å². The molecule has 0 radical (unpaired) electrons. The molecule has 130 valence electrons. The molecule has 1 aliphatic heterocycles. The summed E-state index contributed by atoms with van der Waals surface area (Å²) in [7, 11) is 0. The van der Waals surface area contributed by atoms with Gasteiger partial charge in [0.2, 0.25) is 0 Å². The van der Waals surface area contributed by atoms with Crippen molar-refractivity contribution in [1.82, 2.24) is 9.88 Å². The minimum atomic E-state index is -0.369. The van der Waals surface area contributed by atoms with Gasteiger partial charge in [-0.1, -0.05) is 47.5 Å². The van der Waals surface area contributed by atoms with Gasteiger partial charge in [-0.3, -0.25) is 14.9 Å². The zero-order valence-corrected chi connectivity index (χ0v) is 15.7. The van der Waals surface area contributed by atoms with Crippen LogP contribution in [0.3, 0.4) is 0 Å². The molecule has 1 aliphatic rings. The lowest BCUT2D eigenvalue weighted by Crippen LogP contribution is -2.17. The fourth-order valence-electron chi connectivity index (χ4n) is 2.94. The number of rotatable bonds is 3. The Hall–Kier alpha value is -2.21. The zero-order valence-electron chi connectivity index (χ0n) is 13.3. The standard InChI is InChI=1S/C19H12Cl2N2O2S/c20-14-5-3-6-15(21)13(14)10-23-9-11(12-4-1-2-7-16(12)23)8-17-18(24)22-19(25)26-17/h1-9H,10H2,(H,22,24,25)/b17-8-. The average molecular weight is 403 g/mol. The monoisotopic (exact) mass is 402 g/mol. The lowest BCUT2D eigenvalue weighted by atomic mass is 10.1. The number of benzene rings is 2. The van der Waals surface area contributed by atoms with Crippen molar-refractivity contribution >= 4 is 63.1 Å². The molecule has 2 aromatic carbocycles. The van der Waals surface area contributed by atoms with Crippen LogP contribution in [0.25, 0.3) is 17.0 Å². The second-order valence-electron chi connectivity index (χ2n) is 5.78. The van der Waals surface area contributed by atoms with Gasteiger partial charge in [-0.05, 0) is 36.0 Å². The van der Waals surface area contributed by atoms with Gasteiger partial charge in [-0.25, -0.2) is 0 Å². The maximum Gasteiger partial charge on any atom is 0.290 e. The van der Waals surface area contributed by atoms with Crippen molar-refractivity contribution in [1.29, 1.82) is 0 Å². The molecule has 0 bridgehead atoms. The number of carbonyl (C=O) groups excluding carboxylic acids is 2. The quantitative estimate of drug-likeness (QED) is 0.603. The first-order valence-corrected chi connectivity index (χ1v) is 9.36. The summed E-state index contributed by atoms with van der Waals surface area (Å²) in [6, 6.07) is 13.3. The number of carbonyl (C=O) groups is 2. The summed E-state index contributed by atoms with van der Waals surface area (Å²) < 4.78 is 2.04. The van der Waals surface area contributed by atoms with Crippen molar-refractivity contribution < 1.29 is 9.59 Å². The Morgan fingerprint density at radius 2 is 1.77 bits per heavy atom. The second kappa shape index (κ2) is 6.83. The van der Waals surface area contributed by atoms with E-state index in [-0.39, 0.29) is 11.1 Å². The number of aromatic nitrogens is 1. The molecule has 4 nitrogen and oxygen atoms in total. The molecular formula is C19H12Cl2N2O2S. The molecule has 0 spiro atoms. The molecule has 1 fully saturated rings. The number of fused-ring (bicyclic) bond motifs is 1. The predicted molar refractivity (Wildman–Crippen MR) is 107 cm³/mol. The number of nitrogens with one attached hydrogen (secondary N) is 1. The molecule has 2 amide bonds. The first kappa shape index (κ1) is 17.2. The van der Waals surface area contributed by atoms with E-state index in [4.69, 9.17) is 23.2 Å². The van der Waals surface area contributed by atoms with Crippen LogP contribution < -0.4 is 5.32 Å². The Balaban J connectivity index is 1.81. The largest absolute Gasteiger partial charge is 0.342 e. The number of hydrogen-bond acceptors (Lipinski definition) is 3. The van der Waals surface area contributed by atoms with Crippen LogP contribution in [0.2, 0.25) is 10.0 Å². The SMILES string of the molecule is O=C1NC(=O)/C(=C/c2cn(Cc3c(Cl)cccc3Cl)c3ccccc23)S1. The number of hydrogen-bond donors (Lipinski definition) is 1. The number of para-hydroxylation sites is 1. The normalized spacial score (nSPS) is 15.8. The number of amides is 2. The van der Waals surface area contributed by atoms with Gasteiger partial charge in [0, 0.05) is 38.3 Å². The van der Waals surface area contributed by atoms with E-state index in [1.165, 1.54) is 0 Å². The topological polar surface area (TPSA) is 51.1 Å². The van der Waals surface area contributed by atoms with E-state index >= 15 is 0 Å². The molecule has 1 saturated heterocycles. The summed E-state index contributed by atoms with van der Waals surface area (Å²) in [4.78, 5) is 23.6. The van der Waals surface area contributed by atoms with Crippen LogP contribution in [0.4, 0.5) is 4.79 Å². The van der Waals surface area contributed by atoms with Crippen LogP contribution >= 0.6 is 35.0 Å². The molecule has 7 heteroatoms. The van der Waals surface area contributed by atoms with Crippen LogP contribution in [0.1, 0.15) is 11.1 Å². The third-order valence-corrected chi connectivity index (χ3v) is 5.66. The highest BCUT2D eigenvalue weighted by molar-refractivity contribution is 8.18. The number of thioether (sulfide) groups is 1. The molecule has 4 rings (SSSR count). The van der Waals surface area contributed by atoms with Crippen LogP contribution in [-0.4, -0.2) is 15.7 Å². The summed E-state index contributed by atoms with van der Waals surface area (Å²) in [5, 5.41) is 4.11. The fraction of sp³-hybridized carbons (Fsp3) is 0.0526. The summed E-state index contributed by atoms with van der Waals surface area (Å²) in [6.45, 7) is 0.500. The number of halogens is 2. The maximum absolute atomic E-state index is 11.8.